The number of hydrogen-bond acceptors (Lipinski definition) is 3. The van der Waals surface area contributed by atoms with E-state index < -0.39 is 11.6 Å². The highest BCUT2D eigenvalue weighted by molar-refractivity contribution is 9.10. The smallest absolute Gasteiger partial charge is 0.208 e. The molecule has 0 unspecified atom stereocenters. The summed E-state index contributed by atoms with van der Waals surface area (Å²) in [7, 11) is 0. The van der Waals surface area contributed by atoms with E-state index in [-0.39, 0.29) is 0 Å². The van der Waals surface area contributed by atoms with Gasteiger partial charge in [-0.15, -0.1) is 0 Å². The monoisotopic (exact) mass is 378 g/mol. The molecular formula is C16H13BrF2N4. The lowest BCUT2D eigenvalue weighted by molar-refractivity contribution is 0.572. The predicted molar refractivity (Wildman–Crippen MR) is 87.5 cm³/mol. The van der Waals surface area contributed by atoms with Crippen LogP contribution in [-0.4, -0.2) is 27.6 Å². The van der Waals surface area contributed by atoms with Crippen LogP contribution < -0.4 is 4.90 Å². The minimum Gasteiger partial charge on any atom is -0.342 e. The number of fused-ring (bicyclic) bond motifs is 1. The predicted octanol–water partition coefficient (Wildman–Crippen LogP) is 3.73. The molecule has 0 atom stereocenters. The summed E-state index contributed by atoms with van der Waals surface area (Å²) in [5.74, 6) is -0.357. The SMILES string of the molecule is Fc1cc(F)cc(Cn2c(N3CCC3)nc3ncc(Br)cc32)c1. The molecule has 1 aliphatic rings. The number of pyridine rings is 1. The Morgan fingerprint density at radius 2 is 1.83 bits per heavy atom. The molecule has 23 heavy (non-hydrogen) atoms. The fraction of sp³-hybridized carbons (Fsp3) is 0.250. The van der Waals surface area contributed by atoms with Crippen molar-refractivity contribution in [3.63, 3.8) is 0 Å². The zero-order valence-corrected chi connectivity index (χ0v) is 13.7. The summed E-state index contributed by atoms with van der Waals surface area (Å²) >= 11 is 3.42. The molecule has 2 aromatic heterocycles. The van der Waals surface area contributed by atoms with Crippen LogP contribution in [0.3, 0.4) is 0 Å². The highest BCUT2D eigenvalue weighted by atomic mass is 79.9. The van der Waals surface area contributed by atoms with Gasteiger partial charge in [0.2, 0.25) is 5.95 Å². The van der Waals surface area contributed by atoms with Gasteiger partial charge in [0.05, 0.1) is 12.1 Å². The molecule has 4 rings (SSSR count). The Hall–Kier alpha value is -2.02. The van der Waals surface area contributed by atoms with Gasteiger partial charge in [0.1, 0.15) is 11.6 Å². The molecule has 0 aliphatic carbocycles. The lowest BCUT2D eigenvalue weighted by Gasteiger charge is -2.32. The molecule has 0 spiro atoms. The van der Waals surface area contributed by atoms with Crippen LogP contribution in [0.4, 0.5) is 14.7 Å². The first-order valence-corrected chi connectivity index (χ1v) is 8.11. The lowest BCUT2D eigenvalue weighted by atomic mass is 10.2. The van der Waals surface area contributed by atoms with Crippen LogP contribution in [0.2, 0.25) is 0 Å². The van der Waals surface area contributed by atoms with E-state index in [1.165, 1.54) is 12.1 Å². The van der Waals surface area contributed by atoms with Gasteiger partial charge in [0.15, 0.2) is 5.65 Å². The lowest BCUT2D eigenvalue weighted by Crippen LogP contribution is -2.39. The third-order valence-corrected chi connectivity index (χ3v) is 4.39. The quantitative estimate of drug-likeness (QED) is 0.696. The summed E-state index contributed by atoms with van der Waals surface area (Å²) in [5.41, 5.74) is 2.03. The second-order valence-corrected chi connectivity index (χ2v) is 6.53. The van der Waals surface area contributed by atoms with Crippen LogP contribution in [0.1, 0.15) is 12.0 Å². The Morgan fingerprint density at radius 1 is 1.09 bits per heavy atom. The zero-order valence-electron chi connectivity index (χ0n) is 12.1. The summed E-state index contributed by atoms with van der Waals surface area (Å²) in [4.78, 5) is 11.1. The van der Waals surface area contributed by atoms with Crippen molar-refractivity contribution < 1.29 is 8.78 Å². The van der Waals surface area contributed by atoms with Gasteiger partial charge in [0.25, 0.3) is 0 Å². The molecule has 1 aliphatic heterocycles. The fourth-order valence-electron chi connectivity index (χ4n) is 2.77. The molecular weight excluding hydrogens is 366 g/mol. The maximum atomic E-state index is 13.5. The molecule has 0 saturated carbocycles. The van der Waals surface area contributed by atoms with E-state index in [2.05, 4.69) is 30.8 Å². The van der Waals surface area contributed by atoms with Crippen LogP contribution in [0.25, 0.3) is 11.2 Å². The Morgan fingerprint density at radius 3 is 2.48 bits per heavy atom. The molecule has 1 fully saturated rings. The summed E-state index contributed by atoms with van der Waals surface area (Å²) in [6, 6.07) is 5.50. The third-order valence-electron chi connectivity index (χ3n) is 3.95. The van der Waals surface area contributed by atoms with Crippen molar-refractivity contribution in [2.24, 2.45) is 0 Å². The number of nitrogens with zero attached hydrogens (tertiary/aromatic N) is 4. The Balaban J connectivity index is 1.84. The van der Waals surface area contributed by atoms with E-state index in [9.17, 15) is 8.78 Å². The van der Waals surface area contributed by atoms with E-state index >= 15 is 0 Å². The molecule has 0 N–H and O–H groups in total. The molecule has 3 aromatic rings. The summed E-state index contributed by atoms with van der Waals surface area (Å²) in [5, 5.41) is 0. The van der Waals surface area contributed by atoms with Crippen molar-refractivity contribution in [3.05, 3.63) is 52.1 Å². The third kappa shape index (κ3) is 2.69. The van der Waals surface area contributed by atoms with E-state index in [1.807, 2.05) is 10.6 Å². The topological polar surface area (TPSA) is 34.0 Å². The largest absolute Gasteiger partial charge is 0.342 e. The molecule has 0 bridgehead atoms. The zero-order chi connectivity index (χ0) is 16.0. The van der Waals surface area contributed by atoms with Crippen LogP contribution >= 0.6 is 15.9 Å². The first kappa shape index (κ1) is 14.6. The van der Waals surface area contributed by atoms with Crippen LogP contribution in [-0.2, 0) is 6.54 Å². The van der Waals surface area contributed by atoms with Crippen molar-refractivity contribution in [1.29, 1.82) is 0 Å². The van der Waals surface area contributed by atoms with Gasteiger partial charge in [-0.05, 0) is 46.1 Å². The van der Waals surface area contributed by atoms with Gasteiger partial charge in [-0.3, -0.25) is 0 Å². The molecule has 1 saturated heterocycles. The number of benzene rings is 1. The number of halogens is 3. The fourth-order valence-corrected chi connectivity index (χ4v) is 3.09. The number of aromatic nitrogens is 3. The molecule has 7 heteroatoms. The van der Waals surface area contributed by atoms with E-state index in [1.54, 1.807) is 6.20 Å². The summed E-state index contributed by atoms with van der Waals surface area (Å²) in [6.45, 7) is 2.21. The van der Waals surface area contributed by atoms with Crippen LogP contribution in [0, 0.1) is 11.6 Å². The molecule has 0 amide bonds. The number of hydrogen-bond donors (Lipinski definition) is 0. The molecule has 3 heterocycles. The van der Waals surface area contributed by atoms with Crippen LogP contribution in [0.15, 0.2) is 34.9 Å². The number of imidazole rings is 1. The second-order valence-electron chi connectivity index (χ2n) is 5.61. The standard InChI is InChI=1S/C16H13BrF2N4/c17-11-6-14-15(20-8-11)21-16(22-2-1-3-22)23(14)9-10-4-12(18)7-13(19)5-10/h4-8H,1-3,9H2. The first-order valence-electron chi connectivity index (χ1n) is 7.32. The van der Waals surface area contributed by atoms with Crippen molar-refractivity contribution in [1.82, 2.24) is 14.5 Å². The van der Waals surface area contributed by atoms with Crippen molar-refractivity contribution in [2.45, 2.75) is 13.0 Å². The molecule has 4 nitrogen and oxygen atoms in total. The highest BCUT2D eigenvalue weighted by Gasteiger charge is 2.23. The van der Waals surface area contributed by atoms with Gasteiger partial charge in [-0.2, -0.15) is 4.98 Å². The first-order chi connectivity index (χ1) is 11.1. The normalized spacial score (nSPS) is 14.3. The minimum absolute atomic E-state index is 0.342. The van der Waals surface area contributed by atoms with Gasteiger partial charge in [-0.25, -0.2) is 13.8 Å². The molecule has 1 aromatic carbocycles. The minimum atomic E-state index is -0.575. The summed E-state index contributed by atoms with van der Waals surface area (Å²) in [6.07, 6.45) is 2.82. The Labute approximate surface area is 139 Å². The van der Waals surface area contributed by atoms with Crippen LogP contribution in [0.5, 0.6) is 0 Å². The Kier molecular flexibility index (Phi) is 3.52. The molecule has 0 radical (unpaired) electrons. The number of rotatable bonds is 3. The Bertz CT molecular complexity index is 869. The van der Waals surface area contributed by atoms with Gasteiger partial charge in [-0.1, -0.05) is 0 Å². The van der Waals surface area contributed by atoms with E-state index in [0.717, 1.165) is 41.5 Å². The second kappa shape index (κ2) is 5.56. The van der Waals surface area contributed by atoms with Gasteiger partial charge in [0, 0.05) is 29.8 Å². The van der Waals surface area contributed by atoms with Crippen molar-refractivity contribution >= 4 is 33.0 Å². The van der Waals surface area contributed by atoms with Crippen molar-refractivity contribution in [2.75, 3.05) is 18.0 Å². The van der Waals surface area contributed by atoms with Gasteiger partial charge < -0.3 is 9.47 Å². The maximum Gasteiger partial charge on any atom is 0.208 e. The van der Waals surface area contributed by atoms with E-state index in [4.69, 9.17) is 0 Å². The molecule has 118 valence electrons. The average molecular weight is 379 g/mol. The average Bonchev–Trinajstić information content (AvgIpc) is 2.74. The van der Waals surface area contributed by atoms with Gasteiger partial charge >= 0.3 is 0 Å². The maximum absolute atomic E-state index is 13.5. The number of anilines is 1. The van der Waals surface area contributed by atoms with E-state index in [0.29, 0.717) is 17.8 Å². The van der Waals surface area contributed by atoms with Crippen molar-refractivity contribution in [3.8, 4) is 0 Å². The summed E-state index contributed by atoms with van der Waals surface area (Å²) < 4.78 is 29.8. The highest BCUT2D eigenvalue weighted by Crippen LogP contribution is 2.27.